The first-order chi connectivity index (χ1) is 10.1. The van der Waals surface area contributed by atoms with Gasteiger partial charge in [-0.3, -0.25) is 0 Å². The van der Waals surface area contributed by atoms with Crippen LogP contribution >= 0.6 is 11.6 Å². The molecular formula is C18H20ClNO. The lowest BCUT2D eigenvalue weighted by atomic mass is 10.0. The summed E-state index contributed by atoms with van der Waals surface area (Å²) >= 11 is 6.21. The topological polar surface area (TPSA) is 21.3 Å². The molecule has 2 aromatic carbocycles. The van der Waals surface area contributed by atoms with Crippen molar-refractivity contribution in [2.75, 3.05) is 11.9 Å². The van der Waals surface area contributed by atoms with Gasteiger partial charge in [-0.2, -0.15) is 0 Å². The molecule has 0 aromatic heterocycles. The summed E-state index contributed by atoms with van der Waals surface area (Å²) in [7, 11) is 0. The second-order valence-electron chi connectivity index (χ2n) is 5.75. The summed E-state index contributed by atoms with van der Waals surface area (Å²) in [5.74, 6) is 1.50. The van der Waals surface area contributed by atoms with Crippen LogP contribution in [0, 0.1) is 0 Å². The molecule has 0 saturated heterocycles. The molecule has 0 bridgehead atoms. The summed E-state index contributed by atoms with van der Waals surface area (Å²) in [6.45, 7) is 5.90. The van der Waals surface area contributed by atoms with E-state index in [4.69, 9.17) is 16.3 Å². The standard InChI is InChI=1S/C18H20ClNO/c1-12(2)16-5-3-4-6-17(16)20-11-14-10-15(19)9-13-7-8-21-18(13)14/h3-6,9-10,12,20H,7-8,11H2,1-2H3. The monoisotopic (exact) mass is 301 g/mol. The number of hydrogen-bond acceptors (Lipinski definition) is 2. The zero-order chi connectivity index (χ0) is 14.8. The minimum Gasteiger partial charge on any atom is -0.493 e. The van der Waals surface area contributed by atoms with Crippen LogP contribution in [0.15, 0.2) is 36.4 Å². The summed E-state index contributed by atoms with van der Waals surface area (Å²) in [4.78, 5) is 0. The summed E-state index contributed by atoms with van der Waals surface area (Å²) < 4.78 is 5.75. The van der Waals surface area contributed by atoms with E-state index in [2.05, 4.69) is 43.4 Å². The van der Waals surface area contributed by atoms with Crippen LogP contribution in [-0.2, 0) is 13.0 Å². The van der Waals surface area contributed by atoms with Crippen LogP contribution in [-0.4, -0.2) is 6.61 Å². The number of halogens is 1. The molecule has 3 rings (SSSR count). The highest BCUT2D eigenvalue weighted by Gasteiger charge is 2.17. The number of fused-ring (bicyclic) bond motifs is 1. The van der Waals surface area contributed by atoms with Crippen LogP contribution in [0.4, 0.5) is 5.69 Å². The molecule has 1 aliphatic rings. The molecule has 2 aromatic rings. The smallest absolute Gasteiger partial charge is 0.127 e. The van der Waals surface area contributed by atoms with Crippen LogP contribution in [0.3, 0.4) is 0 Å². The summed E-state index contributed by atoms with van der Waals surface area (Å²) in [6.07, 6.45) is 0.950. The predicted octanol–water partition coefficient (Wildman–Crippen LogP) is 5.01. The third-order valence-corrected chi connectivity index (χ3v) is 4.10. The van der Waals surface area contributed by atoms with Gasteiger partial charge in [0.05, 0.1) is 6.61 Å². The Morgan fingerprint density at radius 1 is 1.24 bits per heavy atom. The van der Waals surface area contributed by atoms with Gasteiger partial charge < -0.3 is 10.1 Å². The van der Waals surface area contributed by atoms with Gasteiger partial charge in [-0.25, -0.2) is 0 Å². The summed E-state index contributed by atoms with van der Waals surface area (Å²) in [5.41, 5.74) is 4.86. The SMILES string of the molecule is CC(C)c1ccccc1NCc1cc(Cl)cc2c1OCC2. The van der Waals surface area contributed by atoms with E-state index >= 15 is 0 Å². The molecule has 0 radical (unpaired) electrons. The molecule has 3 heteroatoms. The first-order valence-corrected chi connectivity index (χ1v) is 7.80. The van der Waals surface area contributed by atoms with E-state index in [0.717, 1.165) is 35.9 Å². The van der Waals surface area contributed by atoms with E-state index in [-0.39, 0.29) is 0 Å². The molecule has 0 spiro atoms. The van der Waals surface area contributed by atoms with Crippen LogP contribution in [0.1, 0.15) is 36.5 Å². The number of nitrogens with one attached hydrogen (secondary N) is 1. The van der Waals surface area contributed by atoms with Crippen LogP contribution in [0.5, 0.6) is 5.75 Å². The largest absolute Gasteiger partial charge is 0.493 e. The Labute approximate surface area is 131 Å². The van der Waals surface area contributed by atoms with Crippen molar-refractivity contribution in [1.82, 2.24) is 0 Å². The molecule has 0 fully saturated rings. The van der Waals surface area contributed by atoms with E-state index in [9.17, 15) is 0 Å². The first kappa shape index (κ1) is 14.3. The molecule has 0 unspecified atom stereocenters. The van der Waals surface area contributed by atoms with Crippen molar-refractivity contribution < 1.29 is 4.74 Å². The Kier molecular flexibility index (Phi) is 4.07. The van der Waals surface area contributed by atoms with E-state index in [1.54, 1.807) is 0 Å². The Balaban J connectivity index is 1.83. The molecule has 0 saturated carbocycles. The lowest BCUT2D eigenvalue weighted by molar-refractivity contribution is 0.354. The minimum atomic E-state index is 0.495. The Morgan fingerprint density at radius 2 is 2.05 bits per heavy atom. The average molecular weight is 302 g/mol. The fraction of sp³-hybridized carbons (Fsp3) is 0.333. The van der Waals surface area contributed by atoms with Gasteiger partial charge in [0.1, 0.15) is 5.75 Å². The number of hydrogen-bond donors (Lipinski definition) is 1. The van der Waals surface area contributed by atoms with Gasteiger partial charge in [0.25, 0.3) is 0 Å². The number of rotatable bonds is 4. The van der Waals surface area contributed by atoms with Gasteiger partial charge in [0, 0.05) is 29.2 Å². The molecule has 0 aliphatic carbocycles. The third kappa shape index (κ3) is 3.01. The van der Waals surface area contributed by atoms with Crippen molar-refractivity contribution in [1.29, 1.82) is 0 Å². The van der Waals surface area contributed by atoms with E-state index in [0.29, 0.717) is 5.92 Å². The van der Waals surface area contributed by atoms with Gasteiger partial charge >= 0.3 is 0 Å². The highest BCUT2D eigenvalue weighted by atomic mass is 35.5. The Morgan fingerprint density at radius 3 is 2.86 bits per heavy atom. The Hall–Kier alpha value is -1.67. The van der Waals surface area contributed by atoms with Gasteiger partial charge in [0.15, 0.2) is 0 Å². The fourth-order valence-corrected chi connectivity index (χ4v) is 3.09. The second-order valence-corrected chi connectivity index (χ2v) is 6.18. The lowest BCUT2D eigenvalue weighted by Gasteiger charge is -2.16. The van der Waals surface area contributed by atoms with Crippen molar-refractivity contribution in [2.24, 2.45) is 0 Å². The fourth-order valence-electron chi connectivity index (χ4n) is 2.83. The molecular weight excluding hydrogens is 282 g/mol. The normalized spacial score (nSPS) is 13.1. The zero-order valence-corrected chi connectivity index (χ0v) is 13.2. The molecule has 1 aliphatic heterocycles. The van der Waals surface area contributed by atoms with Gasteiger partial charge in [0.2, 0.25) is 0 Å². The molecule has 1 N–H and O–H groups in total. The van der Waals surface area contributed by atoms with Crippen LogP contribution in [0.2, 0.25) is 5.02 Å². The van der Waals surface area contributed by atoms with Crippen LogP contribution in [0.25, 0.3) is 0 Å². The molecule has 0 atom stereocenters. The second kappa shape index (κ2) is 5.98. The summed E-state index contributed by atoms with van der Waals surface area (Å²) in [5, 5.41) is 4.31. The number of ether oxygens (including phenoxy) is 1. The highest BCUT2D eigenvalue weighted by Crippen LogP contribution is 2.33. The van der Waals surface area contributed by atoms with E-state index in [1.807, 2.05) is 12.1 Å². The van der Waals surface area contributed by atoms with Crippen molar-refractivity contribution in [3.63, 3.8) is 0 Å². The predicted molar refractivity (Wildman–Crippen MR) is 88.5 cm³/mol. The van der Waals surface area contributed by atoms with Crippen molar-refractivity contribution >= 4 is 17.3 Å². The van der Waals surface area contributed by atoms with Crippen molar-refractivity contribution in [3.05, 3.63) is 58.1 Å². The zero-order valence-electron chi connectivity index (χ0n) is 12.4. The molecule has 21 heavy (non-hydrogen) atoms. The minimum absolute atomic E-state index is 0.495. The van der Waals surface area contributed by atoms with Crippen molar-refractivity contribution in [2.45, 2.75) is 32.7 Å². The quantitative estimate of drug-likeness (QED) is 0.857. The van der Waals surface area contributed by atoms with Crippen LogP contribution < -0.4 is 10.1 Å². The van der Waals surface area contributed by atoms with Crippen molar-refractivity contribution in [3.8, 4) is 5.75 Å². The molecule has 2 nitrogen and oxygen atoms in total. The maximum absolute atomic E-state index is 6.21. The third-order valence-electron chi connectivity index (χ3n) is 3.88. The van der Waals surface area contributed by atoms with E-state index < -0.39 is 0 Å². The summed E-state index contributed by atoms with van der Waals surface area (Å²) in [6, 6.07) is 12.5. The van der Waals surface area contributed by atoms with E-state index in [1.165, 1.54) is 16.8 Å². The first-order valence-electron chi connectivity index (χ1n) is 7.42. The number of anilines is 1. The molecule has 110 valence electrons. The van der Waals surface area contributed by atoms with Gasteiger partial charge in [-0.05, 0) is 35.2 Å². The maximum atomic E-state index is 6.21. The highest BCUT2D eigenvalue weighted by molar-refractivity contribution is 6.30. The maximum Gasteiger partial charge on any atom is 0.127 e. The van der Waals surface area contributed by atoms with Gasteiger partial charge in [-0.1, -0.05) is 43.6 Å². The number of benzene rings is 2. The lowest BCUT2D eigenvalue weighted by Crippen LogP contribution is -2.04. The van der Waals surface area contributed by atoms with Gasteiger partial charge in [-0.15, -0.1) is 0 Å². The molecule has 0 amide bonds. The Bertz CT molecular complexity index is 652. The number of para-hydroxylation sites is 1. The average Bonchev–Trinajstić information content (AvgIpc) is 2.93. The molecule has 1 heterocycles.